The van der Waals surface area contributed by atoms with Crippen molar-refractivity contribution in [2.24, 2.45) is 0 Å². The van der Waals surface area contributed by atoms with Gasteiger partial charge in [0, 0.05) is 4.47 Å². The van der Waals surface area contributed by atoms with E-state index in [1.807, 2.05) is 6.07 Å². The second kappa shape index (κ2) is 5.09. The van der Waals surface area contributed by atoms with E-state index in [2.05, 4.69) is 26.1 Å². The maximum absolute atomic E-state index is 8.83. The Labute approximate surface area is 109 Å². The first-order valence-corrected chi connectivity index (χ1v) is 6.24. The van der Waals surface area contributed by atoms with E-state index in [1.165, 1.54) is 11.3 Å². The molecule has 0 atom stereocenters. The predicted molar refractivity (Wildman–Crippen MR) is 65.1 cm³/mol. The van der Waals surface area contributed by atoms with Crippen molar-refractivity contribution in [3.05, 3.63) is 32.7 Å². The third-order valence-corrected chi connectivity index (χ3v) is 3.25. The molecule has 0 aliphatic heterocycles. The summed E-state index contributed by atoms with van der Waals surface area (Å²) in [5.41, 5.74) is 0. The van der Waals surface area contributed by atoms with Gasteiger partial charge in [0.1, 0.15) is 10.8 Å². The van der Waals surface area contributed by atoms with E-state index >= 15 is 0 Å². The number of hydrogen-bond donors (Lipinski definition) is 1. The van der Waals surface area contributed by atoms with Gasteiger partial charge in [0.15, 0.2) is 0 Å². The van der Waals surface area contributed by atoms with Crippen molar-refractivity contribution in [2.75, 3.05) is 0 Å². The number of hydrogen-bond acceptors (Lipinski definition) is 5. The minimum Gasteiger partial charge on any atom is -0.428 e. The number of aliphatic hydroxyl groups excluding tert-OH is 1. The minimum atomic E-state index is -0.144. The van der Waals surface area contributed by atoms with Gasteiger partial charge in [-0.3, -0.25) is 0 Å². The van der Waals surface area contributed by atoms with Crippen molar-refractivity contribution in [1.82, 2.24) is 10.2 Å². The summed E-state index contributed by atoms with van der Waals surface area (Å²) < 4.78 is 6.30. The zero-order valence-electron chi connectivity index (χ0n) is 7.85. The van der Waals surface area contributed by atoms with E-state index < -0.39 is 0 Å². The maximum atomic E-state index is 8.83. The zero-order valence-corrected chi connectivity index (χ0v) is 11.0. The minimum absolute atomic E-state index is 0.144. The highest BCUT2D eigenvalue weighted by Crippen LogP contribution is 2.32. The summed E-state index contributed by atoms with van der Waals surface area (Å²) in [5.74, 6) is 0.505. The van der Waals surface area contributed by atoms with Gasteiger partial charge in [-0.05, 0) is 18.2 Å². The molecule has 2 rings (SSSR count). The molecule has 1 N–H and O–H groups in total. The monoisotopic (exact) mass is 320 g/mol. The molecule has 0 fully saturated rings. The van der Waals surface area contributed by atoms with Gasteiger partial charge < -0.3 is 9.84 Å². The fraction of sp³-hybridized carbons (Fsp3) is 0.111. The molecule has 0 radical (unpaired) electrons. The van der Waals surface area contributed by atoms with Crippen LogP contribution < -0.4 is 4.74 Å². The molecule has 2 aromatic rings. The van der Waals surface area contributed by atoms with Gasteiger partial charge in [0.25, 0.3) is 5.19 Å². The second-order valence-electron chi connectivity index (χ2n) is 2.80. The molecular formula is C9H6BrClN2O2S. The number of ether oxygens (including phenoxy) is 1. The summed E-state index contributed by atoms with van der Waals surface area (Å²) in [6.45, 7) is -0.144. The Kier molecular flexibility index (Phi) is 3.75. The van der Waals surface area contributed by atoms with Crippen LogP contribution in [0.1, 0.15) is 5.01 Å². The molecular weight excluding hydrogens is 316 g/mol. The molecule has 0 amide bonds. The summed E-state index contributed by atoms with van der Waals surface area (Å²) in [7, 11) is 0. The lowest BCUT2D eigenvalue weighted by Gasteiger charge is -2.03. The summed E-state index contributed by atoms with van der Waals surface area (Å²) in [4.78, 5) is 0. The summed E-state index contributed by atoms with van der Waals surface area (Å²) in [6.07, 6.45) is 0. The van der Waals surface area contributed by atoms with Crippen molar-refractivity contribution in [3.63, 3.8) is 0 Å². The van der Waals surface area contributed by atoms with Crippen LogP contribution >= 0.6 is 38.9 Å². The lowest BCUT2D eigenvalue weighted by atomic mass is 10.3. The molecule has 1 aromatic heterocycles. The Hall–Kier alpha value is -0.690. The Morgan fingerprint density at radius 3 is 2.88 bits per heavy atom. The van der Waals surface area contributed by atoms with E-state index in [4.69, 9.17) is 21.4 Å². The predicted octanol–water partition coefficient (Wildman–Crippen LogP) is 3.24. The van der Waals surface area contributed by atoms with Crippen molar-refractivity contribution >= 4 is 38.9 Å². The fourth-order valence-electron chi connectivity index (χ4n) is 0.995. The van der Waals surface area contributed by atoms with Crippen molar-refractivity contribution < 1.29 is 9.84 Å². The van der Waals surface area contributed by atoms with Crippen molar-refractivity contribution in [3.8, 4) is 10.9 Å². The van der Waals surface area contributed by atoms with Crippen LogP contribution in [0.5, 0.6) is 10.9 Å². The smallest absolute Gasteiger partial charge is 0.299 e. The normalized spacial score (nSPS) is 10.4. The van der Waals surface area contributed by atoms with E-state index in [0.29, 0.717) is 21.0 Å². The van der Waals surface area contributed by atoms with E-state index in [1.54, 1.807) is 12.1 Å². The summed E-state index contributed by atoms with van der Waals surface area (Å²) in [5, 5.41) is 17.6. The average Bonchev–Trinajstić information content (AvgIpc) is 2.70. The van der Waals surface area contributed by atoms with Crippen molar-refractivity contribution in [2.45, 2.75) is 6.61 Å². The van der Waals surface area contributed by atoms with Crippen LogP contribution in [0.3, 0.4) is 0 Å². The molecule has 1 heterocycles. The van der Waals surface area contributed by atoms with E-state index in [0.717, 1.165) is 4.47 Å². The fourth-order valence-corrected chi connectivity index (χ4v) is 2.27. The number of rotatable bonds is 3. The van der Waals surface area contributed by atoms with Crippen LogP contribution in [0.4, 0.5) is 0 Å². The molecule has 0 bridgehead atoms. The Balaban J connectivity index is 2.20. The molecule has 0 saturated heterocycles. The lowest BCUT2D eigenvalue weighted by Crippen LogP contribution is -1.84. The quantitative estimate of drug-likeness (QED) is 0.943. The first kappa shape index (κ1) is 11.8. The SMILES string of the molecule is OCc1nnc(Oc2ccc(Br)cc2Cl)s1. The number of nitrogens with zero attached hydrogens (tertiary/aromatic N) is 2. The molecule has 0 aliphatic carbocycles. The highest BCUT2D eigenvalue weighted by molar-refractivity contribution is 9.10. The Morgan fingerprint density at radius 2 is 2.25 bits per heavy atom. The van der Waals surface area contributed by atoms with Crippen LogP contribution in [-0.4, -0.2) is 15.3 Å². The zero-order chi connectivity index (χ0) is 11.5. The van der Waals surface area contributed by atoms with Gasteiger partial charge in [-0.1, -0.05) is 44.0 Å². The largest absolute Gasteiger partial charge is 0.428 e. The highest BCUT2D eigenvalue weighted by Gasteiger charge is 2.08. The molecule has 4 nitrogen and oxygen atoms in total. The van der Waals surface area contributed by atoms with Gasteiger partial charge in [0.2, 0.25) is 0 Å². The first-order chi connectivity index (χ1) is 7.69. The second-order valence-corrected chi connectivity index (χ2v) is 5.14. The van der Waals surface area contributed by atoms with Crippen LogP contribution in [-0.2, 0) is 6.61 Å². The van der Waals surface area contributed by atoms with Crippen LogP contribution in [0.25, 0.3) is 0 Å². The standard InChI is InChI=1S/C9H6BrClN2O2S/c10-5-1-2-7(6(11)3-5)15-9-13-12-8(4-14)16-9/h1-3,14H,4H2. The van der Waals surface area contributed by atoms with E-state index in [-0.39, 0.29) is 6.61 Å². The summed E-state index contributed by atoms with van der Waals surface area (Å²) >= 11 is 10.4. The molecule has 0 unspecified atom stereocenters. The van der Waals surface area contributed by atoms with Gasteiger partial charge in [-0.15, -0.1) is 5.10 Å². The van der Waals surface area contributed by atoms with Gasteiger partial charge >= 0.3 is 0 Å². The number of aliphatic hydroxyl groups is 1. The van der Waals surface area contributed by atoms with Gasteiger partial charge in [-0.25, -0.2) is 0 Å². The van der Waals surface area contributed by atoms with Crippen LogP contribution in [0, 0.1) is 0 Å². The van der Waals surface area contributed by atoms with Crippen LogP contribution in [0.2, 0.25) is 5.02 Å². The molecule has 0 saturated carbocycles. The Morgan fingerprint density at radius 1 is 1.44 bits per heavy atom. The first-order valence-electron chi connectivity index (χ1n) is 4.25. The number of aromatic nitrogens is 2. The van der Waals surface area contributed by atoms with Crippen molar-refractivity contribution in [1.29, 1.82) is 0 Å². The van der Waals surface area contributed by atoms with E-state index in [9.17, 15) is 0 Å². The Bertz CT molecular complexity index is 506. The highest BCUT2D eigenvalue weighted by atomic mass is 79.9. The number of halogens is 2. The average molecular weight is 322 g/mol. The molecule has 1 aromatic carbocycles. The maximum Gasteiger partial charge on any atom is 0.299 e. The molecule has 16 heavy (non-hydrogen) atoms. The molecule has 0 aliphatic rings. The lowest BCUT2D eigenvalue weighted by molar-refractivity contribution is 0.280. The van der Waals surface area contributed by atoms with Crippen LogP contribution in [0.15, 0.2) is 22.7 Å². The third-order valence-electron chi connectivity index (χ3n) is 1.67. The van der Waals surface area contributed by atoms with Gasteiger partial charge in [-0.2, -0.15) is 0 Å². The molecule has 7 heteroatoms. The molecule has 84 valence electrons. The van der Waals surface area contributed by atoms with Gasteiger partial charge in [0.05, 0.1) is 11.6 Å². The topological polar surface area (TPSA) is 55.2 Å². The summed E-state index contributed by atoms with van der Waals surface area (Å²) in [6, 6.07) is 5.27. The number of benzene rings is 1. The third kappa shape index (κ3) is 2.70. The molecule has 0 spiro atoms.